The highest BCUT2D eigenvalue weighted by atomic mass is 35.5. The van der Waals surface area contributed by atoms with Gasteiger partial charge in [0.2, 0.25) is 0 Å². The van der Waals surface area contributed by atoms with Crippen LogP contribution in [0.2, 0.25) is 5.02 Å². The summed E-state index contributed by atoms with van der Waals surface area (Å²) >= 11 is 6.20. The predicted molar refractivity (Wildman–Crippen MR) is 155 cm³/mol. The molecule has 1 aromatic heterocycles. The summed E-state index contributed by atoms with van der Waals surface area (Å²) < 4.78 is 19.5. The number of piperazine rings is 1. The number of anilines is 1. The quantitative estimate of drug-likeness (QED) is 0.279. The van der Waals surface area contributed by atoms with Gasteiger partial charge in [-0.2, -0.15) is 0 Å². The Morgan fingerprint density at radius 3 is 2.44 bits per heavy atom. The normalized spacial score (nSPS) is 14.3. The maximum absolute atomic E-state index is 14.1. The van der Waals surface area contributed by atoms with Crippen molar-refractivity contribution in [2.75, 3.05) is 44.2 Å². The maximum atomic E-state index is 14.1. The molecule has 0 spiro atoms. The number of carbonyl (C=O) groups is 1. The number of pyridine rings is 1. The van der Waals surface area contributed by atoms with Crippen molar-refractivity contribution in [1.29, 1.82) is 0 Å². The number of halogens is 2. The van der Waals surface area contributed by atoms with Gasteiger partial charge in [-0.05, 0) is 62.2 Å². The van der Waals surface area contributed by atoms with Gasteiger partial charge in [0, 0.05) is 62.6 Å². The van der Waals surface area contributed by atoms with Crippen molar-refractivity contribution in [1.82, 2.24) is 14.8 Å². The van der Waals surface area contributed by atoms with Gasteiger partial charge in [-0.3, -0.25) is 9.80 Å². The lowest BCUT2D eigenvalue weighted by molar-refractivity contribution is 0.0378. The Morgan fingerprint density at radius 2 is 1.77 bits per heavy atom. The summed E-state index contributed by atoms with van der Waals surface area (Å²) in [5.74, 6) is 0.135. The van der Waals surface area contributed by atoms with E-state index in [1.54, 1.807) is 30.5 Å². The first kappa shape index (κ1) is 29.0. The molecule has 1 aliphatic rings. The van der Waals surface area contributed by atoms with Crippen LogP contribution in [-0.4, -0.2) is 66.1 Å². The first-order valence-electron chi connectivity index (χ1n) is 13.7. The molecule has 0 amide bonds. The average molecular weight is 553 g/mol. The average Bonchev–Trinajstić information content (AvgIpc) is 2.93. The summed E-state index contributed by atoms with van der Waals surface area (Å²) in [5.41, 5.74) is 3.62. The molecule has 39 heavy (non-hydrogen) atoms. The van der Waals surface area contributed by atoms with E-state index in [9.17, 15) is 9.18 Å². The fraction of sp³-hybridized carbons (Fsp3) is 0.419. The molecule has 4 rings (SSSR count). The van der Waals surface area contributed by atoms with Gasteiger partial charge >= 0.3 is 5.97 Å². The minimum Gasteiger partial charge on any atom is -0.459 e. The van der Waals surface area contributed by atoms with Crippen LogP contribution in [0, 0.1) is 5.82 Å². The highest BCUT2D eigenvalue weighted by molar-refractivity contribution is 6.31. The lowest BCUT2D eigenvalue weighted by Crippen LogP contribution is -2.46. The number of aromatic nitrogens is 1. The summed E-state index contributed by atoms with van der Waals surface area (Å²) in [6.45, 7) is 12.5. The van der Waals surface area contributed by atoms with Crippen LogP contribution < -0.4 is 4.90 Å². The largest absolute Gasteiger partial charge is 0.459 e. The van der Waals surface area contributed by atoms with Gasteiger partial charge in [-0.25, -0.2) is 14.2 Å². The van der Waals surface area contributed by atoms with Crippen molar-refractivity contribution in [3.05, 3.63) is 93.9 Å². The van der Waals surface area contributed by atoms with Gasteiger partial charge in [0.1, 0.15) is 17.2 Å². The van der Waals surface area contributed by atoms with Crippen molar-refractivity contribution in [3.8, 4) is 0 Å². The molecule has 208 valence electrons. The summed E-state index contributed by atoms with van der Waals surface area (Å²) in [7, 11) is 0. The highest BCUT2D eigenvalue weighted by Gasteiger charge is 2.24. The van der Waals surface area contributed by atoms with Crippen LogP contribution in [0.4, 0.5) is 10.2 Å². The molecule has 1 fully saturated rings. The number of esters is 1. The minimum absolute atomic E-state index is 0.170. The molecule has 0 bridgehead atoms. The third kappa shape index (κ3) is 8.01. The topological polar surface area (TPSA) is 48.9 Å². The Hall–Kier alpha value is -3.00. The lowest BCUT2D eigenvalue weighted by atomic mass is 10.1. The Balaban J connectivity index is 1.27. The van der Waals surface area contributed by atoms with E-state index in [-0.39, 0.29) is 17.9 Å². The number of rotatable bonds is 11. The van der Waals surface area contributed by atoms with E-state index in [4.69, 9.17) is 16.3 Å². The maximum Gasteiger partial charge on any atom is 0.342 e. The van der Waals surface area contributed by atoms with Crippen molar-refractivity contribution in [3.63, 3.8) is 0 Å². The Labute approximate surface area is 236 Å². The van der Waals surface area contributed by atoms with Crippen molar-refractivity contribution in [2.45, 2.75) is 46.4 Å². The van der Waals surface area contributed by atoms with Crippen LogP contribution >= 0.6 is 11.6 Å². The molecule has 0 N–H and O–H groups in total. The summed E-state index contributed by atoms with van der Waals surface area (Å²) in [6, 6.07) is 17.2. The second-order valence-electron chi connectivity index (χ2n) is 10.2. The predicted octanol–water partition coefficient (Wildman–Crippen LogP) is 5.83. The Kier molecular flexibility index (Phi) is 10.3. The molecular weight excluding hydrogens is 515 g/mol. The van der Waals surface area contributed by atoms with Gasteiger partial charge in [-0.15, -0.1) is 0 Å². The molecule has 6 nitrogen and oxygen atoms in total. The molecule has 1 aliphatic heterocycles. The molecule has 2 aromatic carbocycles. The van der Waals surface area contributed by atoms with E-state index < -0.39 is 0 Å². The van der Waals surface area contributed by atoms with Gasteiger partial charge < -0.3 is 9.64 Å². The number of carbonyl (C=O) groups excluding carboxylic acids is 1. The highest BCUT2D eigenvalue weighted by Crippen LogP contribution is 2.22. The summed E-state index contributed by atoms with van der Waals surface area (Å²) in [6.07, 6.45) is 2.14. The molecule has 3 aromatic rings. The monoisotopic (exact) mass is 552 g/mol. The fourth-order valence-electron chi connectivity index (χ4n) is 4.86. The lowest BCUT2D eigenvalue weighted by Gasteiger charge is -2.36. The van der Waals surface area contributed by atoms with Crippen molar-refractivity contribution >= 4 is 23.4 Å². The van der Waals surface area contributed by atoms with Crippen molar-refractivity contribution < 1.29 is 13.9 Å². The van der Waals surface area contributed by atoms with Crippen LogP contribution in [0.3, 0.4) is 0 Å². The third-order valence-electron chi connectivity index (χ3n) is 7.04. The third-order valence-corrected chi connectivity index (χ3v) is 7.40. The Bertz CT molecular complexity index is 1210. The van der Waals surface area contributed by atoms with E-state index in [0.717, 1.165) is 52.4 Å². The zero-order valence-corrected chi connectivity index (χ0v) is 23.8. The molecular formula is C31H38ClFN4O2. The first-order chi connectivity index (χ1) is 18.8. The second kappa shape index (κ2) is 13.9. The van der Waals surface area contributed by atoms with Gasteiger partial charge in [-0.1, -0.05) is 48.9 Å². The number of hydrogen-bond acceptors (Lipinski definition) is 6. The minimum atomic E-state index is -0.326. The molecule has 0 saturated carbocycles. The van der Waals surface area contributed by atoms with E-state index in [1.807, 2.05) is 13.8 Å². The van der Waals surface area contributed by atoms with Crippen LogP contribution in [0.15, 0.2) is 60.8 Å². The molecule has 0 unspecified atom stereocenters. The van der Waals surface area contributed by atoms with Crippen molar-refractivity contribution in [2.24, 2.45) is 0 Å². The van der Waals surface area contributed by atoms with Crippen LogP contribution in [-0.2, 0) is 24.2 Å². The smallest absolute Gasteiger partial charge is 0.342 e. The summed E-state index contributed by atoms with van der Waals surface area (Å²) in [5, 5.41) is 0.491. The zero-order chi connectivity index (χ0) is 27.8. The van der Waals surface area contributed by atoms with Crippen LogP contribution in [0.1, 0.15) is 47.8 Å². The first-order valence-corrected chi connectivity index (χ1v) is 14.1. The Morgan fingerprint density at radius 1 is 1.05 bits per heavy atom. The van der Waals surface area contributed by atoms with E-state index in [2.05, 4.69) is 50.9 Å². The molecule has 2 heterocycles. The van der Waals surface area contributed by atoms with Crippen LogP contribution in [0.5, 0.6) is 0 Å². The molecule has 1 saturated heterocycles. The summed E-state index contributed by atoms with van der Waals surface area (Å²) in [4.78, 5) is 23.9. The van der Waals surface area contributed by atoms with Gasteiger partial charge in [0.05, 0.1) is 6.10 Å². The fourth-order valence-corrected chi connectivity index (χ4v) is 5.12. The molecule has 8 heteroatoms. The SMILES string of the molecule is CCN(CCc1c(F)cccc1Cl)Cc1ccc(CN2CCN(c3ncccc3C(=O)OC(C)C)CC2)cc1. The molecule has 0 radical (unpaired) electrons. The van der Waals surface area contributed by atoms with Crippen LogP contribution in [0.25, 0.3) is 0 Å². The molecule has 0 aliphatic carbocycles. The zero-order valence-electron chi connectivity index (χ0n) is 23.1. The number of ether oxygens (including phenoxy) is 1. The van der Waals surface area contributed by atoms with Gasteiger partial charge in [0.15, 0.2) is 0 Å². The van der Waals surface area contributed by atoms with E-state index >= 15 is 0 Å². The molecule has 0 atom stereocenters. The number of nitrogens with zero attached hydrogens (tertiary/aromatic N) is 4. The van der Waals surface area contributed by atoms with Gasteiger partial charge in [0.25, 0.3) is 0 Å². The number of likely N-dealkylation sites (N-methyl/N-ethyl adjacent to an activating group) is 1. The van der Waals surface area contributed by atoms with E-state index in [1.165, 1.54) is 17.2 Å². The number of benzene rings is 2. The standard InChI is InChI=1S/C31H38ClFN4O2/c1-4-35(16-14-26-28(32)8-5-9-29(26)33)21-24-10-12-25(13-11-24)22-36-17-19-37(20-18-36)30-27(7-6-15-34-30)31(38)39-23(2)3/h5-13,15,23H,4,14,16-22H2,1-3H3. The van der Waals surface area contributed by atoms with E-state index in [0.29, 0.717) is 28.4 Å². The number of hydrogen-bond donors (Lipinski definition) is 0. The second-order valence-corrected chi connectivity index (χ2v) is 10.6.